The summed E-state index contributed by atoms with van der Waals surface area (Å²) in [6.45, 7) is 15.2. The second-order valence-corrected chi connectivity index (χ2v) is 6.72. The molecule has 0 bridgehead atoms. The molecule has 2 aromatic carbocycles. The van der Waals surface area contributed by atoms with Crippen molar-refractivity contribution in [3.05, 3.63) is 76.7 Å². The van der Waals surface area contributed by atoms with Gasteiger partial charge in [0.15, 0.2) is 0 Å². The van der Waals surface area contributed by atoms with Crippen molar-refractivity contribution in [3.63, 3.8) is 0 Å². The molecule has 1 heterocycles. The van der Waals surface area contributed by atoms with Crippen LogP contribution in [-0.2, 0) is 0 Å². The normalized spacial score (nSPS) is 13.1. The third-order valence-corrected chi connectivity index (χ3v) is 4.42. The molecule has 3 rings (SSSR count). The number of halogens is 1. The molecule has 0 atom stereocenters. The number of hydrogen-bond acceptors (Lipinski definition) is 2. The van der Waals surface area contributed by atoms with Crippen molar-refractivity contribution in [2.75, 3.05) is 9.80 Å². The first-order valence-electron chi connectivity index (χ1n) is 8.50. The Morgan fingerprint density at radius 2 is 0.920 bits per heavy atom. The van der Waals surface area contributed by atoms with E-state index < -0.39 is 0 Å². The summed E-state index contributed by atoms with van der Waals surface area (Å²) in [6.07, 6.45) is 4.28. The Hall–Kier alpha value is -1.06. The van der Waals surface area contributed by atoms with Gasteiger partial charge in [0.05, 0.1) is 0 Å². The molecular formula is C21H27ClInN2-. The van der Waals surface area contributed by atoms with Gasteiger partial charge in [-0.15, -0.1) is 6.67 Å². The van der Waals surface area contributed by atoms with Crippen LogP contribution in [0.15, 0.2) is 36.7 Å². The van der Waals surface area contributed by atoms with Gasteiger partial charge in [0, 0.05) is 11.4 Å². The molecule has 1 aliphatic heterocycles. The molecule has 2 aromatic rings. The predicted octanol–water partition coefficient (Wildman–Crippen LogP) is 5.23. The zero-order valence-corrected chi connectivity index (χ0v) is 22.8. The zero-order valence-electron chi connectivity index (χ0n) is 16.3. The fraction of sp³-hybridized carbons (Fsp3) is 0.286. The van der Waals surface area contributed by atoms with Gasteiger partial charge in [-0.2, -0.15) is 0 Å². The molecule has 0 aromatic heterocycles. The van der Waals surface area contributed by atoms with E-state index in [-0.39, 0.29) is 0 Å². The summed E-state index contributed by atoms with van der Waals surface area (Å²) in [4.78, 5) is 4.45. The van der Waals surface area contributed by atoms with E-state index in [2.05, 4.69) is 94.7 Å². The topological polar surface area (TPSA) is 6.48 Å². The first-order chi connectivity index (χ1) is 11.9. The molecule has 25 heavy (non-hydrogen) atoms. The summed E-state index contributed by atoms with van der Waals surface area (Å²) >= 11 is 0.422. The summed E-state index contributed by atoms with van der Waals surface area (Å²) in [6, 6.07) is 8.98. The van der Waals surface area contributed by atoms with E-state index in [1.807, 2.05) is 0 Å². The van der Waals surface area contributed by atoms with Crippen molar-refractivity contribution in [3.8, 4) is 0 Å². The van der Waals surface area contributed by atoms with Crippen molar-refractivity contribution >= 4 is 43.1 Å². The Labute approximate surface area is 170 Å². The molecule has 1 aliphatic rings. The Balaban J connectivity index is 0.00000109. The van der Waals surface area contributed by atoms with E-state index in [0.29, 0.717) is 23.2 Å². The van der Waals surface area contributed by atoms with Gasteiger partial charge in [0.2, 0.25) is 0 Å². The fourth-order valence-electron chi connectivity index (χ4n) is 3.78. The van der Waals surface area contributed by atoms with Crippen LogP contribution in [0.25, 0.3) is 0 Å². The molecule has 4 heteroatoms. The SMILES string of the molecule is Cc1cc(C)c(N2C=CN(c3c(C)cc(C)cc3C)[CH-]2)c(C)c1.[Cl][InH2]. The molecule has 0 unspecified atom stereocenters. The van der Waals surface area contributed by atoms with Crippen LogP contribution in [0, 0.1) is 48.2 Å². The van der Waals surface area contributed by atoms with Gasteiger partial charge < -0.3 is 9.80 Å². The Morgan fingerprint density at radius 3 is 1.20 bits per heavy atom. The van der Waals surface area contributed by atoms with Crippen LogP contribution in [0.2, 0.25) is 0 Å². The van der Waals surface area contributed by atoms with E-state index >= 15 is 0 Å². The van der Waals surface area contributed by atoms with Crippen LogP contribution < -0.4 is 9.80 Å². The van der Waals surface area contributed by atoms with Crippen molar-refractivity contribution < 1.29 is 0 Å². The number of benzene rings is 2. The first kappa shape index (κ1) is 20.3. The average molecular weight is 458 g/mol. The van der Waals surface area contributed by atoms with Gasteiger partial charge in [0.1, 0.15) is 0 Å². The summed E-state index contributed by atoms with van der Waals surface area (Å²) in [5, 5.41) is 0. The first-order valence-corrected chi connectivity index (χ1v) is 15.7. The number of aryl methyl sites for hydroxylation is 6. The van der Waals surface area contributed by atoms with Crippen LogP contribution in [0.3, 0.4) is 0 Å². The predicted molar refractivity (Wildman–Crippen MR) is 114 cm³/mol. The van der Waals surface area contributed by atoms with Crippen LogP contribution in [0.5, 0.6) is 0 Å². The summed E-state index contributed by atoms with van der Waals surface area (Å²) in [5.41, 5.74) is 10.4. The minimum atomic E-state index is 0.422. The molecule has 0 spiro atoms. The number of hydrogen-bond donors (Lipinski definition) is 0. The molecule has 0 amide bonds. The maximum atomic E-state index is 4.85. The molecule has 0 N–H and O–H groups in total. The second kappa shape index (κ2) is 8.55. The number of rotatable bonds is 2. The van der Waals surface area contributed by atoms with E-state index in [9.17, 15) is 0 Å². The third-order valence-electron chi connectivity index (χ3n) is 4.42. The molecule has 132 valence electrons. The standard InChI is InChI=1S/C21H25N2.ClH.In.2H/c1-14-9-16(3)20(17(4)10-14)22-7-8-23(13-22)21-18(5)11-15(2)12-19(21)6;;;;/h7-13H,1-6H3;1H;;;/q-1;;+1;;/p-1. The van der Waals surface area contributed by atoms with Crippen molar-refractivity contribution in [2.45, 2.75) is 41.5 Å². The van der Waals surface area contributed by atoms with Gasteiger partial charge in [-0.05, 0) is 76.2 Å². The monoisotopic (exact) mass is 457 g/mol. The molecular weight excluding hydrogens is 431 g/mol. The minimum absolute atomic E-state index is 0.422. The Bertz CT molecular complexity index is 687. The molecule has 0 saturated heterocycles. The average Bonchev–Trinajstić information content (AvgIpc) is 2.96. The van der Waals surface area contributed by atoms with E-state index in [1.54, 1.807) is 0 Å². The third kappa shape index (κ3) is 4.38. The summed E-state index contributed by atoms with van der Waals surface area (Å²) < 4.78 is 0. The van der Waals surface area contributed by atoms with Gasteiger partial charge in [-0.25, -0.2) is 0 Å². The molecule has 0 fully saturated rings. The molecule has 0 radical (unpaired) electrons. The summed E-state index contributed by atoms with van der Waals surface area (Å²) in [5.74, 6) is 0. The molecule has 0 saturated carbocycles. The Kier molecular flexibility index (Phi) is 6.93. The zero-order chi connectivity index (χ0) is 18.7. The van der Waals surface area contributed by atoms with Crippen LogP contribution in [0.4, 0.5) is 11.4 Å². The van der Waals surface area contributed by atoms with E-state index in [4.69, 9.17) is 8.58 Å². The van der Waals surface area contributed by atoms with Crippen LogP contribution in [0.1, 0.15) is 33.4 Å². The van der Waals surface area contributed by atoms with E-state index in [0.717, 1.165) is 0 Å². The van der Waals surface area contributed by atoms with Crippen molar-refractivity contribution in [2.24, 2.45) is 0 Å². The number of nitrogens with zero attached hydrogens (tertiary/aromatic N) is 2. The van der Waals surface area contributed by atoms with Crippen molar-refractivity contribution in [1.82, 2.24) is 0 Å². The maximum absolute atomic E-state index is 4.85. The van der Waals surface area contributed by atoms with Crippen molar-refractivity contribution in [1.29, 1.82) is 0 Å². The Morgan fingerprint density at radius 1 is 0.640 bits per heavy atom. The molecule has 0 aliphatic carbocycles. The number of anilines is 2. The fourth-order valence-corrected chi connectivity index (χ4v) is 3.78. The van der Waals surface area contributed by atoms with Gasteiger partial charge in [-0.1, -0.05) is 35.4 Å². The van der Waals surface area contributed by atoms with Crippen LogP contribution >= 0.6 is 8.58 Å². The molecule has 2 nitrogen and oxygen atoms in total. The van der Waals surface area contributed by atoms with Gasteiger partial charge in [0.25, 0.3) is 0 Å². The van der Waals surface area contributed by atoms with E-state index in [1.165, 1.54) is 44.8 Å². The van der Waals surface area contributed by atoms with Gasteiger partial charge >= 0.3 is 31.8 Å². The van der Waals surface area contributed by atoms with Gasteiger partial charge in [-0.3, -0.25) is 0 Å². The summed E-state index contributed by atoms with van der Waals surface area (Å²) in [7, 11) is 4.85. The quantitative estimate of drug-likeness (QED) is 0.570. The van der Waals surface area contributed by atoms with Crippen LogP contribution in [-0.4, -0.2) is 23.2 Å². The second-order valence-electron chi connectivity index (χ2n) is 6.72.